The molecule has 0 atom stereocenters. The Labute approximate surface area is 149 Å². The molecule has 0 aliphatic carbocycles. The monoisotopic (exact) mass is 380 g/mol. The van der Waals surface area contributed by atoms with Crippen LogP contribution < -0.4 is 15.2 Å². The Balaban J connectivity index is 2.27. The Morgan fingerprint density at radius 2 is 1.81 bits per heavy atom. The van der Waals surface area contributed by atoms with Crippen molar-refractivity contribution in [3.05, 3.63) is 48.0 Å². The van der Waals surface area contributed by atoms with Crippen molar-refractivity contribution >= 4 is 27.6 Å². The Kier molecular flexibility index (Phi) is 5.68. The summed E-state index contributed by atoms with van der Waals surface area (Å²) in [6.45, 7) is -0.695. The van der Waals surface area contributed by atoms with Crippen molar-refractivity contribution in [1.29, 1.82) is 0 Å². The fraction of sp³-hybridized carbons (Fsp3) is 0.125. The molecule has 138 valence electrons. The summed E-state index contributed by atoms with van der Waals surface area (Å²) in [6, 6.07) is 9.22. The van der Waals surface area contributed by atoms with Gasteiger partial charge in [0.1, 0.15) is 17.1 Å². The van der Waals surface area contributed by atoms with E-state index in [-0.39, 0.29) is 10.6 Å². The molecule has 0 saturated carbocycles. The molecule has 0 unspecified atom stereocenters. The van der Waals surface area contributed by atoms with E-state index in [2.05, 4.69) is 9.46 Å². The number of ether oxygens (including phenoxy) is 2. The molecule has 2 aromatic rings. The highest BCUT2D eigenvalue weighted by Gasteiger charge is 2.20. The van der Waals surface area contributed by atoms with Gasteiger partial charge < -0.3 is 20.3 Å². The number of aromatic hydroxyl groups is 1. The largest absolute Gasteiger partial charge is 0.507 e. The number of nitrogens with one attached hydrogen (secondary N) is 1. The highest BCUT2D eigenvalue weighted by molar-refractivity contribution is 7.92. The standard InChI is InChI=1S/C16H16N2O7S/c1-24-11-4-2-10(3-5-11)18-26(22,23)12-6-7-14(19)13(8-12)16(21)25-9-15(17)20/h2-8,18-19H,9H2,1H3,(H2,17,20). The zero-order valence-corrected chi connectivity index (χ0v) is 14.4. The maximum Gasteiger partial charge on any atom is 0.342 e. The van der Waals surface area contributed by atoms with E-state index in [0.29, 0.717) is 5.75 Å². The van der Waals surface area contributed by atoms with Crippen LogP contribution in [-0.2, 0) is 19.6 Å². The molecule has 9 nitrogen and oxygen atoms in total. The van der Waals surface area contributed by atoms with Crippen LogP contribution in [0.3, 0.4) is 0 Å². The number of nitrogens with two attached hydrogens (primary N) is 1. The Morgan fingerprint density at radius 1 is 1.15 bits per heavy atom. The van der Waals surface area contributed by atoms with Crippen LogP contribution in [0.2, 0.25) is 0 Å². The zero-order chi connectivity index (χ0) is 19.3. The van der Waals surface area contributed by atoms with Crippen LogP contribution in [0, 0.1) is 0 Å². The van der Waals surface area contributed by atoms with Crippen molar-refractivity contribution in [1.82, 2.24) is 0 Å². The molecule has 0 spiro atoms. The second-order valence-electron chi connectivity index (χ2n) is 5.06. The van der Waals surface area contributed by atoms with E-state index in [4.69, 9.17) is 10.5 Å². The summed E-state index contributed by atoms with van der Waals surface area (Å²) in [5.41, 5.74) is 4.73. The van der Waals surface area contributed by atoms with Crippen molar-refractivity contribution in [3.8, 4) is 11.5 Å². The number of rotatable bonds is 7. The number of carbonyl (C=O) groups is 2. The lowest BCUT2D eigenvalue weighted by molar-refractivity contribution is -0.121. The number of esters is 1. The van der Waals surface area contributed by atoms with Crippen molar-refractivity contribution in [2.24, 2.45) is 5.73 Å². The quantitative estimate of drug-likeness (QED) is 0.604. The van der Waals surface area contributed by atoms with Gasteiger partial charge in [0.15, 0.2) is 6.61 Å². The average molecular weight is 380 g/mol. The lowest BCUT2D eigenvalue weighted by atomic mass is 10.2. The van der Waals surface area contributed by atoms with Gasteiger partial charge in [-0.2, -0.15) is 0 Å². The van der Waals surface area contributed by atoms with Crippen LogP contribution in [0.5, 0.6) is 11.5 Å². The second kappa shape index (κ2) is 7.74. The topological polar surface area (TPSA) is 145 Å². The first-order valence-electron chi connectivity index (χ1n) is 7.18. The van der Waals surface area contributed by atoms with E-state index in [9.17, 15) is 23.1 Å². The molecule has 0 bridgehead atoms. The average Bonchev–Trinajstić information content (AvgIpc) is 2.60. The minimum Gasteiger partial charge on any atom is -0.507 e. The van der Waals surface area contributed by atoms with Crippen molar-refractivity contribution in [2.45, 2.75) is 4.90 Å². The van der Waals surface area contributed by atoms with E-state index in [1.165, 1.54) is 19.2 Å². The van der Waals surface area contributed by atoms with Gasteiger partial charge in [-0.05, 0) is 42.5 Å². The first-order chi connectivity index (χ1) is 12.2. The van der Waals surface area contributed by atoms with Gasteiger partial charge in [-0.25, -0.2) is 13.2 Å². The zero-order valence-electron chi connectivity index (χ0n) is 13.6. The summed E-state index contributed by atoms with van der Waals surface area (Å²) in [5, 5.41) is 9.74. The molecule has 0 radical (unpaired) electrons. The molecule has 0 saturated heterocycles. The number of benzene rings is 2. The number of phenols is 1. The van der Waals surface area contributed by atoms with Crippen molar-refractivity contribution in [3.63, 3.8) is 0 Å². The van der Waals surface area contributed by atoms with Crippen molar-refractivity contribution in [2.75, 3.05) is 18.4 Å². The van der Waals surface area contributed by atoms with Gasteiger partial charge in [0.05, 0.1) is 12.0 Å². The van der Waals surface area contributed by atoms with Gasteiger partial charge in [-0.1, -0.05) is 0 Å². The third-order valence-electron chi connectivity index (χ3n) is 3.19. The fourth-order valence-corrected chi connectivity index (χ4v) is 3.02. The van der Waals surface area contributed by atoms with Crippen molar-refractivity contribution < 1.29 is 32.6 Å². The third kappa shape index (κ3) is 4.63. The fourth-order valence-electron chi connectivity index (χ4n) is 1.93. The molecule has 2 rings (SSSR count). The number of methoxy groups -OCH3 is 1. The van der Waals surface area contributed by atoms with E-state index in [0.717, 1.165) is 18.2 Å². The molecule has 0 fully saturated rings. The van der Waals surface area contributed by atoms with E-state index in [1.807, 2.05) is 0 Å². The molecule has 2 aromatic carbocycles. The molecular weight excluding hydrogens is 364 g/mol. The molecule has 0 aliphatic heterocycles. The third-order valence-corrected chi connectivity index (χ3v) is 4.56. The molecule has 26 heavy (non-hydrogen) atoms. The number of phenolic OH excluding ortho intramolecular Hbond substituents is 1. The van der Waals surface area contributed by atoms with Gasteiger partial charge in [0.2, 0.25) is 0 Å². The van der Waals surface area contributed by atoms with Gasteiger partial charge in [-0.3, -0.25) is 9.52 Å². The van der Waals surface area contributed by atoms with Crippen LogP contribution >= 0.6 is 0 Å². The minimum absolute atomic E-state index is 0.275. The van der Waals surface area contributed by atoms with Crippen LogP contribution in [0.1, 0.15) is 10.4 Å². The Bertz CT molecular complexity index is 924. The predicted molar refractivity (Wildman–Crippen MR) is 91.4 cm³/mol. The number of carbonyl (C=O) groups excluding carboxylic acids is 2. The first-order valence-corrected chi connectivity index (χ1v) is 8.66. The predicted octanol–water partition coefficient (Wildman–Crippen LogP) is 0.844. The van der Waals surface area contributed by atoms with Crippen LogP contribution in [0.4, 0.5) is 5.69 Å². The van der Waals surface area contributed by atoms with E-state index >= 15 is 0 Å². The summed E-state index contributed by atoms with van der Waals surface area (Å²) in [5.74, 6) is -1.91. The van der Waals surface area contributed by atoms with Gasteiger partial charge in [0.25, 0.3) is 15.9 Å². The molecule has 0 aromatic heterocycles. The second-order valence-corrected chi connectivity index (χ2v) is 6.74. The molecule has 1 amide bonds. The molecule has 4 N–H and O–H groups in total. The van der Waals surface area contributed by atoms with Gasteiger partial charge in [0, 0.05) is 5.69 Å². The number of sulfonamides is 1. The Hall–Kier alpha value is -3.27. The number of primary amides is 1. The Morgan fingerprint density at radius 3 is 2.38 bits per heavy atom. The first kappa shape index (κ1) is 19.1. The summed E-state index contributed by atoms with van der Waals surface area (Å²) in [7, 11) is -2.56. The molecule has 10 heteroatoms. The number of hydrogen-bond donors (Lipinski definition) is 3. The minimum atomic E-state index is -4.04. The summed E-state index contributed by atoms with van der Waals surface area (Å²) >= 11 is 0. The lowest BCUT2D eigenvalue weighted by Crippen LogP contribution is -2.21. The summed E-state index contributed by atoms with van der Waals surface area (Å²) in [4.78, 5) is 22.2. The summed E-state index contributed by atoms with van der Waals surface area (Å²) in [6.07, 6.45) is 0. The highest BCUT2D eigenvalue weighted by Crippen LogP contribution is 2.24. The SMILES string of the molecule is COc1ccc(NS(=O)(=O)c2ccc(O)c(C(=O)OCC(N)=O)c2)cc1. The lowest BCUT2D eigenvalue weighted by Gasteiger charge is -2.11. The van der Waals surface area contributed by atoms with E-state index in [1.54, 1.807) is 12.1 Å². The highest BCUT2D eigenvalue weighted by atomic mass is 32.2. The molecule has 0 aliphatic rings. The van der Waals surface area contributed by atoms with Gasteiger partial charge in [-0.15, -0.1) is 0 Å². The normalized spacial score (nSPS) is 10.8. The maximum atomic E-state index is 12.5. The summed E-state index contributed by atoms with van der Waals surface area (Å²) < 4.78 is 36.8. The van der Waals surface area contributed by atoms with Crippen LogP contribution in [0.25, 0.3) is 0 Å². The smallest absolute Gasteiger partial charge is 0.342 e. The maximum absolute atomic E-state index is 12.5. The van der Waals surface area contributed by atoms with Crippen LogP contribution in [-0.4, -0.2) is 39.1 Å². The van der Waals surface area contributed by atoms with Crippen LogP contribution in [0.15, 0.2) is 47.4 Å². The molecular formula is C16H16N2O7S. The number of anilines is 1. The van der Waals surface area contributed by atoms with Gasteiger partial charge >= 0.3 is 5.97 Å². The number of amides is 1. The molecule has 0 heterocycles. The number of hydrogen-bond acceptors (Lipinski definition) is 7. The van der Waals surface area contributed by atoms with E-state index < -0.39 is 39.8 Å².